The molecule has 1 aliphatic rings. The molecule has 134 valence electrons. The topological polar surface area (TPSA) is 69.8 Å². The van der Waals surface area contributed by atoms with Gasteiger partial charge < -0.3 is 10.6 Å². The van der Waals surface area contributed by atoms with E-state index >= 15 is 0 Å². The van der Waals surface area contributed by atoms with Crippen molar-refractivity contribution in [2.75, 3.05) is 18.4 Å². The number of aromatic amines is 1. The van der Waals surface area contributed by atoms with Crippen molar-refractivity contribution >= 4 is 45.8 Å². The van der Waals surface area contributed by atoms with Crippen molar-refractivity contribution in [1.82, 2.24) is 15.5 Å². The van der Waals surface area contributed by atoms with E-state index in [4.69, 9.17) is 23.2 Å². The molecule has 1 fully saturated rings. The summed E-state index contributed by atoms with van der Waals surface area (Å²) in [5.74, 6) is 0.521. The lowest BCUT2D eigenvalue weighted by atomic mass is 9.99. The van der Waals surface area contributed by atoms with Crippen molar-refractivity contribution in [3.63, 3.8) is 0 Å². The van der Waals surface area contributed by atoms with Gasteiger partial charge in [0.2, 0.25) is 5.91 Å². The third-order valence-corrected chi connectivity index (χ3v) is 5.26. The molecule has 4 rings (SSSR count). The maximum absolute atomic E-state index is 12.5. The highest BCUT2D eigenvalue weighted by Crippen LogP contribution is 2.33. The maximum Gasteiger partial charge on any atom is 0.229 e. The molecule has 2 aromatic carbocycles. The Morgan fingerprint density at radius 1 is 1.19 bits per heavy atom. The Hall–Kier alpha value is -2.08. The Bertz CT molecular complexity index is 963. The van der Waals surface area contributed by atoms with Gasteiger partial charge in [-0.25, -0.2) is 0 Å². The average Bonchev–Trinajstić information content (AvgIpc) is 3.04. The van der Waals surface area contributed by atoms with Crippen LogP contribution in [0.2, 0.25) is 10.0 Å². The largest absolute Gasteiger partial charge is 0.316 e. The van der Waals surface area contributed by atoms with Crippen LogP contribution in [-0.4, -0.2) is 29.2 Å². The SMILES string of the molecule is O=C(Nc1n[nH]c2ccc(-c3ccc(Cl)cc3Cl)cc12)[C@@H]1CCCNC1. The lowest BCUT2D eigenvalue weighted by Crippen LogP contribution is -2.37. The van der Waals surface area contributed by atoms with Gasteiger partial charge >= 0.3 is 0 Å². The summed E-state index contributed by atoms with van der Waals surface area (Å²) in [6.07, 6.45) is 1.91. The van der Waals surface area contributed by atoms with Crippen molar-refractivity contribution < 1.29 is 4.79 Å². The number of H-pyrrole nitrogens is 1. The van der Waals surface area contributed by atoms with E-state index in [1.54, 1.807) is 12.1 Å². The van der Waals surface area contributed by atoms with E-state index in [1.165, 1.54) is 0 Å². The van der Waals surface area contributed by atoms with Crippen LogP contribution < -0.4 is 10.6 Å². The normalized spacial score (nSPS) is 17.4. The van der Waals surface area contributed by atoms with Crippen LogP contribution in [0, 0.1) is 5.92 Å². The average molecular weight is 389 g/mol. The van der Waals surface area contributed by atoms with E-state index in [2.05, 4.69) is 20.8 Å². The van der Waals surface area contributed by atoms with Crippen LogP contribution in [0.4, 0.5) is 5.82 Å². The number of anilines is 1. The first-order chi connectivity index (χ1) is 12.6. The standard InChI is InChI=1S/C19H18Cl2N4O/c20-13-4-5-14(16(21)9-13)11-3-6-17-15(8-11)18(25-24-17)23-19(26)12-2-1-7-22-10-12/h3-6,8-9,12,22H,1-2,7,10H2,(H2,23,24,25,26)/t12-/m1/s1. The van der Waals surface area contributed by atoms with Gasteiger partial charge in [-0.2, -0.15) is 5.10 Å². The lowest BCUT2D eigenvalue weighted by molar-refractivity contribution is -0.120. The second-order valence-electron chi connectivity index (χ2n) is 6.49. The zero-order chi connectivity index (χ0) is 18.1. The van der Waals surface area contributed by atoms with Crippen molar-refractivity contribution in [3.05, 3.63) is 46.4 Å². The van der Waals surface area contributed by atoms with Crippen LogP contribution in [0.25, 0.3) is 22.0 Å². The summed E-state index contributed by atoms with van der Waals surface area (Å²) in [7, 11) is 0. The highest BCUT2D eigenvalue weighted by Gasteiger charge is 2.22. The smallest absolute Gasteiger partial charge is 0.229 e. The van der Waals surface area contributed by atoms with Gasteiger partial charge in [0, 0.05) is 27.5 Å². The van der Waals surface area contributed by atoms with Crippen LogP contribution in [0.1, 0.15) is 12.8 Å². The Labute approximate surface area is 161 Å². The number of carbonyl (C=O) groups excluding carboxylic acids is 1. The quantitative estimate of drug-likeness (QED) is 0.619. The molecule has 0 bridgehead atoms. The minimum atomic E-state index is -0.0237. The fourth-order valence-electron chi connectivity index (χ4n) is 3.29. The fraction of sp³-hybridized carbons (Fsp3) is 0.263. The van der Waals surface area contributed by atoms with Crippen molar-refractivity contribution in [2.45, 2.75) is 12.8 Å². The maximum atomic E-state index is 12.5. The Kier molecular flexibility index (Phi) is 4.85. The molecular weight excluding hydrogens is 371 g/mol. The molecule has 3 aromatic rings. The third-order valence-electron chi connectivity index (χ3n) is 4.71. The number of hydrogen-bond donors (Lipinski definition) is 3. The van der Waals surface area contributed by atoms with Gasteiger partial charge in [-0.05, 0) is 49.2 Å². The first kappa shape index (κ1) is 17.3. The molecule has 0 saturated carbocycles. The van der Waals surface area contributed by atoms with Crippen molar-refractivity contribution in [1.29, 1.82) is 0 Å². The van der Waals surface area contributed by atoms with Crippen molar-refractivity contribution in [2.24, 2.45) is 5.92 Å². The zero-order valence-corrected chi connectivity index (χ0v) is 15.5. The molecule has 0 radical (unpaired) electrons. The van der Waals surface area contributed by atoms with E-state index in [1.807, 2.05) is 24.3 Å². The Balaban J connectivity index is 1.65. The van der Waals surface area contributed by atoms with Gasteiger partial charge in [-0.3, -0.25) is 9.89 Å². The second kappa shape index (κ2) is 7.27. The number of nitrogens with one attached hydrogen (secondary N) is 3. The van der Waals surface area contributed by atoms with E-state index in [0.29, 0.717) is 22.4 Å². The van der Waals surface area contributed by atoms with Gasteiger partial charge in [0.05, 0.1) is 11.4 Å². The van der Waals surface area contributed by atoms with Crippen LogP contribution >= 0.6 is 23.2 Å². The van der Waals surface area contributed by atoms with Crippen LogP contribution in [0.15, 0.2) is 36.4 Å². The molecule has 26 heavy (non-hydrogen) atoms. The number of carbonyl (C=O) groups is 1. The number of piperidine rings is 1. The van der Waals surface area contributed by atoms with Gasteiger partial charge in [0.1, 0.15) is 0 Å². The summed E-state index contributed by atoms with van der Waals surface area (Å²) in [5.41, 5.74) is 2.68. The van der Waals surface area contributed by atoms with E-state index in [-0.39, 0.29) is 11.8 Å². The molecular formula is C19H18Cl2N4O. The highest BCUT2D eigenvalue weighted by atomic mass is 35.5. The number of benzene rings is 2. The molecule has 1 amide bonds. The van der Waals surface area contributed by atoms with E-state index in [0.717, 1.165) is 41.4 Å². The summed E-state index contributed by atoms with van der Waals surface area (Å²) in [6.45, 7) is 1.68. The predicted octanol–water partition coefficient (Wildman–Crippen LogP) is 4.47. The predicted molar refractivity (Wildman–Crippen MR) is 106 cm³/mol. The minimum absolute atomic E-state index is 0.000489. The van der Waals surface area contributed by atoms with Gasteiger partial charge in [0.15, 0.2) is 5.82 Å². The van der Waals surface area contributed by atoms with Crippen LogP contribution in [-0.2, 0) is 4.79 Å². The zero-order valence-electron chi connectivity index (χ0n) is 14.0. The van der Waals surface area contributed by atoms with Crippen LogP contribution in [0.5, 0.6) is 0 Å². The molecule has 7 heteroatoms. The molecule has 1 atom stereocenters. The van der Waals surface area contributed by atoms with Gasteiger partial charge in [0.25, 0.3) is 0 Å². The summed E-state index contributed by atoms with van der Waals surface area (Å²) in [6, 6.07) is 11.3. The summed E-state index contributed by atoms with van der Waals surface area (Å²) >= 11 is 12.3. The van der Waals surface area contributed by atoms with Crippen LogP contribution in [0.3, 0.4) is 0 Å². The van der Waals surface area contributed by atoms with E-state index in [9.17, 15) is 4.79 Å². The second-order valence-corrected chi connectivity index (χ2v) is 7.33. The molecule has 1 saturated heterocycles. The first-order valence-corrected chi connectivity index (χ1v) is 9.32. The number of amides is 1. The number of nitrogens with zero attached hydrogens (tertiary/aromatic N) is 1. The van der Waals surface area contributed by atoms with Crippen molar-refractivity contribution in [3.8, 4) is 11.1 Å². The Morgan fingerprint density at radius 3 is 2.85 bits per heavy atom. The monoisotopic (exact) mass is 388 g/mol. The lowest BCUT2D eigenvalue weighted by Gasteiger charge is -2.21. The number of aromatic nitrogens is 2. The number of fused-ring (bicyclic) bond motifs is 1. The number of rotatable bonds is 3. The summed E-state index contributed by atoms with van der Waals surface area (Å²) in [5, 5.41) is 15.5. The molecule has 0 aliphatic carbocycles. The number of halogens is 2. The molecule has 5 nitrogen and oxygen atoms in total. The molecule has 0 unspecified atom stereocenters. The van der Waals surface area contributed by atoms with E-state index < -0.39 is 0 Å². The van der Waals surface area contributed by atoms with Gasteiger partial charge in [-0.1, -0.05) is 35.3 Å². The molecule has 1 aliphatic heterocycles. The first-order valence-electron chi connectivity index (χ1n) is 8.57. The minimum Gasteiger partial charge on any atom is -0.316 e. The number of hydrogen-bond acceptors (Lipinski definition) is 3. The molecule has 3 N–H and O–H groups in total. The molecule has 1 aromatic heterocycles. The molecule has 0 spiro atoms. The highest BCUT2D eigenvalue weighted by molar-refractivity contribution is 6.36. The van der Waals surface area contributed by atoms with Gasteiger partial charge in [-0.15, -0.1) is 0 Å². The summed E-state index contributed by atoms with van der Waals surface area (Å²) < 4.78 is 0. The Morgan fingerprint density at radius 2 is 2.08 bits per heavy atom. The summed E-state index contributed by atoms with van der Waals surface area (Å²) in [4.78, 5) is 12.5. The third kappa shape index (κ3) is 3.43. The fourth-order valence-corrected chi connectivity index (χ4v) is 3.81. The molecule has 2 heterocycles.